The molecule has 0 spiro atoms. The molecule has 0 fully saturated rings. The SMILES string of the molecule is O=C(Nc1ccc(Cl)cc1CN1C(=O)c2ccccc2C1=O)c1cscn1. The zero-order valence-corrected chi connectivity index (χ0v) is 15.4. The lowest BCUT2D eigenvalue weighted by molar-refractivity contribution is 0.0642. The van der Waals surface area contributed by atoms with E-state index in [2.05, 4.69) is 10.3 Å². The van der Waals surface area contributed by atoms with Gasteiger partial charge in [-0.2, -0.15) is 0 Å². The summed E-state index contributed by atoms with van der Waals surface area (Å²) in [5.41, 5.74) is 3.63. The third-order valence-corrected chi connectivity index (χ3v) is 5.01. The lowest BCUT2D eigenvalue weighted by Crippen LogP contribution is -2.29. The van der Waals surface area contributed by atoms with Crippen LogP contribution >= 0.6 is 22.9 Å². The maximum Gasteiger partial charge on any atom is 0.275 e. The van der Waals surface area contributed by atoms with Crippen LogP contribution < -0.4 is 5.32 Å². The first-order chi connectivity index (χ1) is 13.0. The van der Waals surface area contributed by atoms with Crippen LogP contribution in [0.15, 0.2) is 53.4 Å². The van der Waals surface area contributed by atoms with Crippen LogP contribution in [0.1, 0.15) is 36.8 Å². The fourth-order valence-electron chi connectivity index (χ4n) is 2.88. The molecule has 1 aliphatic rings. The lowest BCUT2D eigenvalue weighted by Gasteiger charge is -2.17. The third kappa shape index (κ3) is 3.22. The topological polar surface area (TPSA) is 79.4 Å². The van der Waals surface area contributed by atoms with Crippen LogP contribution in [0.5, 0.6) is 0 Å². The van der Waals surface area contributed by atoms with Gasteiger partial charge >= 0.3 is 0 Å². The molecule has 1 N–H and O–H groups in total. The Labute approximate surface area is 163 Å². The number of aromatic nitrogens is 1. The molecule has 3 aromatic rings. The number of nitrogens with zero attached hydrogens (tertiary/aromatic N) is 2. The van der Waals surface area contributed by atoms with Gasteiger partial charge in [-0.3, -0.25) is 19.3 Å². The third-order valence-electron chi connectivity index (χ3n) is 4.19. The van der Waals surface area contributed by atoms with Crippen LogP contribution in [0, 0.1) is 0 Å². The van der Waals surface area contributed by atoms with Gasteiger partial charge < -0.3 is 5.32 Å². The molecular formula is C19H12ClN3O3S. The fourth-order valence-corrected chi connectivity index (χ4v) is 3.61. The molecule has 1 aromatic heterocycles. The number of rotatable bonds is 4. The molecule has 1 aliphatic heterocycles. The monoisotopic (exact) mass is 397 g/mol. The van der Waals surface area contributed by atoms with Gasteiger partial charge in [0.25, 0.3) is 17.7 Å². The van der Waals surface area contributed by atoms with Crippen molar-refractivity contribution >= 4 is 46.3 Å². The summed E-state index contributed by atoms with van der Waals surface area (Å²) < 4.78 is 0. The first-order valence-electron chi connectivity index (χ1n) is 7.98. The van der Waals surface area contributed by atoms with Gasteiger partial charge in [-0.05, 0) is 35.9 Å². The lowest BCUT2D eigenvalue weighted by atomic mass is 10.1. The predicted octanol–water partition coefficient (Wildman–Crippen LogP) is 3.85. The highest BCUT2D eigenvalue weighted by Crippen LogP contribution is 2.28. The summed E-state index contributed by atoms with van der Waals surface area (Å²) in [4.78, 5) is 42.6. The Kier molecular flexibility index (Phi) is 4.47. The van der Waals surface area contributed by atoms with Crippen molar-refractivity contribution in [3.05, 3.63) is 80.8 Å². The van der Waals surface area contributed by atoms with Crippen molar-refractivity contribution in [3.63, 3.8) is 0 Å². The van der Waals surface area contributed by atoms with Crippen LogP contribution in [0.3, 0.4) is 0 Å². The Morgan fingerprint density at radius 3 is 2.44 bits per heavy atom. The Balaban J connectivity index is 1.63. The molecule has 3 amide bonds. The van der Waals surface area contributed by atoms with Crippen LogP contribution in [-0.2, 0) is 6.54 Å². The average Bonchev–Trinajstić information content (AvgIpc) is 3.28. The first-order valence-corrected chi connectivity index (χ1v) is 9.30. The minimum Gasteiger partial charge on any atom is -0.320 e. The maximum atomic E-state index is 12.6. The predicted molar refractivity (Wildman–Crippen MR) is 102 cm³/mol. The molecule has 0 radical (unpaired) electrons. The van der Waals surface area contributed by atoms with Gasteiger partial charge in [0.15, 0.2) is 0 Å². The van der Waals surface area contributed by atoms with Gasteiger partial charge in [0, 0.05) is 16.1 Å². The number of anilines is 1. The van der Waals surface area contributed by atoms with E-state index in [1.54, 1.807) is 53.4 Å². The second-order valence-electron chi connectivity index (χ2n) is 5.87. The van der Waals surface area contributed by atoms with Crippen molar-refractivity contribution in [1.29, 1.82) is 0 Å². The van der Waals surface area contributed by atoms with Crippen molar-refractivity contribution in [3.8, 4) is 0 Å². The number of nitrogens with one attached hydrogen (secondary N) is 1. The Hall–Kier alpha value is -3.03. The van der Waals surface area contributed by atoms with Gasteiger partial charge in [-0.25, -0.2) is 4.98 Å². The normalized spacial score (nSPS) is 13.0. The molecule has 6 nitrogen and oxygen atoms in total. The molecule has 0 atom stereocenters. The molecule has 0 bridgehead atoms. The second kappa shape index (κ2) is 6.94. The quantitative estimate of drug-likeness (QED) is 0.678. The minimum atomic E-state index is -0.373. The molecule has 8 heteroatoms. The Morgan fingerprint density at radius 2 is 1.81 bits per heavy atom. The summed E-state index contributed by atoms with van der Waals surface area (Å²) in [5.74, 6) is -1.11. The summed E-state index contributed by atoms with van der Waals surface area (Å²) in [6.45, 7) is -0.000411. The van der Waals surface area contributed by atoms with E-state index in [0.717, 1.165) is 4.90 Å². The van der Waals surface area contributed by atoms with E-state index in [4.69, 9.17) is 11.6 Å². The summed E-state index contributed by atoms with van der Waals surface area (Å²) in [5, 5.41) is 4.83. The van der Waals surface area contributed by atoms with Crippen molar-refractivity contribution in [1.82, 2.24) is 9.88 Å². The maximum absolute atomic E-state index is 12.6. The number of imide groups is 1. The Morgan fingerprint density at radius 1 is 1.11 bits per heavy atom. The summed E-state index contributed by atoms with van der Waals surface area (Å²) in [6, 6.07) is 11.6. The highest BCUT2D eigenvalue weighted by Gasteiger charge is 2.35. The molecule has 4 rings (SSSR count). The summed E-state index contributed by atoms with van der Waals surface area (Å²) in [6.07, 6.45) is 0. The van der Waals surface area contributed by atoms with Gasteiger partial charge in [0.1, 0.15) is 5.69 Å². The number of hydrogen-bond acceptors (Lipinski definition) is 5. The van der Waals surface area contributed by atoms with E-state index in [1.807, 2.05) is 0 Å². The molecule has 0 aliphatic carbocycles. The highest BCUT2D eigenvalue weighted by molar-refractivity contribution is 7.07. The van der Waals surface area contributed by atoms with Crippen molar-refractivity contribution in [2.75, 3.05) is 5.32 Å². The van der Waals surface area contributed by atoms with Crippen molar-refractivity contribution < 1.29 is 14.4 Å². The van der Waals surface area contributed by atoms with Crippen molar-refractivity contribution in [2.24, 2.45) is 0 Å². The zero-order valence-electron chi connectivity index (χ0n) is 13.8. The van der Waals surface area contributed by atoms with Crippen molar-refractivity contribution in [2.45, 2.75) is 6.54 Å². The van der Waals surface area contributed by atoms with Crippen LogP contribution in [0.2, 0.25) is 5.02 Å². The zero-order chi connectivity index (χ0) is 19.0. The smallest absolute Gasteiger partial charge is 0.275 e. The van der Waals surface area contributed by atoms with E-state index in [1.165, 1.54) is 11.3 Å². The summed E-state index contributed by atoms with van der Waals surface area (Å²) in [7, 11) is 0. The fraction of sp³-hybridized carbons (Fsp3) is 0.0526. The minimum absolute atomic E-state index is 0.000411. The van der Waals surface area contributed by atoms with Gasteiger partial charge in [-0.1, -0.05) is 23.7 Å². The number of amides is 3. The van der Waals surface area contributed by atoms with Gasteiger partial charge in [-0.15, -0.1) is 11.3 Å². The Bertz CT molecular complexity index is 1030. The molecule has 0 saturated carbocycles. The molecular weight excluding hydrogens is 386 g/mol. The van der Waals surface area contributed by atoms with Gasteiger partial charge in [0.2, 0.25) is 0 Å². The number of hydrogen-bond donors (Lipinski definition) is 1. The molecule has 0 unspecified atom stereocenters. The summed E-state index contributed by atoms with van der Waals surface area (Å²) >= 11 is 7.40. The van der Waals surface area contributed by atoms with Crippen LogP contribution in [0.4, 0.5) is 5.69 Å². The van der Waals surface area contributed by atoms with E-state index in [-0.39, 0.29) is 24.3 Å². The molecule has 134 valence electrons. The van der Waals surface area contributed by atoms with E-state index in [9.17, 15) is 14.4 Å². The first kappa shape index (κ1) is 17.4. The van der Waals surface area contributed by atoms with E-state index >= 15 is 0 Å². The molecule has 2 heterocycles. The van der Waals surface area contributed by atoms with Crippen LogP contribution in [-0.4, -0.2) is 27.6 Å². The van der Waals surface area contributed by atoms with E-state index in [0.29, 0.717) is 33.1 Å². The largest absolute Gasteiger partial charge is 0.320 e. The number of thiazole rings is 1. The van der Waals surface area contributed by atoms with E-state index < -0.39 is 0 Å². The number of carbonyl (C=O) groups excluding carboxylic acids is 3. The number of benzene rings is 2. The number of carbonyl (C=O) groups is 3. The molecule has 2 aromatic carbocycles. The highest BCUT2D eigenvalue weighted by atomic mass is 35.5. The molecule has 27 heavy (non-hydrogen) atoms. The number of fused-ring (bicyclic) bond motifs is 1. The number of halogens is 1. The second-order valence-corrected chi connectivity index (χ2v) is 7.03. The van der Waals surface area contributed by atoms with Crippen LogP contribution in [0.25, 0.3) is 0 Å². The standard InChI is InChI=1S/C19H12ClN3O3S/c20-12-5-6-15(22-17(24)16-9-27-10-21-16)11(7-12)8-23-18(25)13-3-1-2-4-14(13)19(23)26/h1-7,9-10H,8H2,(H,22,24). The van der Waals surface area contributed by atoms with Gasteiger partial charge in [0.05, 0.1) is 23.2 Å². The molecule has 0 saturated heterocycles. The average molecular weight is 398 g/mol.